The molecule has 0 radical (unpaired) electrons. The summed E-state index contributed by atoms with van der Waals surface area (Å²) < 4.78 is 5.97. The fourth-order valence-electron chi connectivity index (χ4n) is 1.93. The van der Waals surface area contributed by atoms with Crippen LogP contribution in [0.15, 0.2) is 24.5 Å². The second-order valence-corrected chi connectivity index (χ2v) is 5.19. The largest absolute Gasteiger partial charge is 0.372 e. The highest BCUT2D eigenvalue weighted by molar-refractivity contribution is 5.14. The van der Waals surface area contributed by atoms with Crippen LogP contribution in [-0.4, -0.2) is 17.6 Å². The quantitative estimate of drug-likeness (QED) is 0.720. The van der Waals surface area contributed by atoms with Gasteiger partial charge < -0.3 is 10.5 Å². The van der Waals surface area contributed by atoms with E-state index >= 15 is 0 Å². The fraction of sp³-hybridized carbons (Fsp3) is 0.667. The number of aromatic nitrogens is 1. The summed E-state index contributed by atoms with van der Waals surface area (Å²) in [5.74, 6) is 0.727. The lowest BCUT2D eigenvalue weighted by Gasteiger charge is -2.23. The van der Waals surface area contributed by atoms with Gasteiger partial charge in [0.1, 0.15) is 0 Å². The number of ether oxygens (including phenoxy) is 1. The van der Waals surface area contributed by atoms with Gasteiger partial charge in [-0.25, -0.2) is 0 Å². The molecular formula is C15H26N2O. The highest BCUT2D eigenvalue weighted by atomic mass is 16.5. The van der Waals surface area contributed by atoms with E-state index in [0.717, 1.165) is 30.9 Å². The van der Waals surface area contributed by atoms with Crippen molar-refractivity contribution in [2.75, 3.05) is 6.61 Å². The predicted octanol–water partition coefficient (Wildman–Crippen LogP) is 3.31. The van der Waals surface area contributed by atoms with Gasteiger partial charge in [0.2, 0.25) is 0 Å². The molecule has 0 amide bonds. The van der Waals surface area contributed by atoms with E-state index < -0.39 is 0 Å². The van der Waals surface area contributed by atoms with Crippen molar-refractivity contribution in [2.24, 2.45) is 11.7 Å². The predicted molar refractivity (Wildman–Crippen MR) is 75.3 cm³/mol. The van der Waals surface area contributed by atoms with Crippen LogP contribution in [0.3, 0.4) is 0 Å². The molecule has 0 aliphatic rings. The smallest absolute Gasteiger partial charge is 0.0990 e. The van der Waals surface area contributed by atoms with Crippen LogP contribution in [-0.2, 0) is 4.74 Å². The fourth-order valence-corrected chi connectivity index (χ4v) is 1.93. The Morgan fingerprint density at radius 2 is 2.17 bits per heavy atom. The maximum absolute atomic E-state index is 6.14. The van der Waals surface area contributed by atoms with Crippen molar-refractivity contribution >= 4 is 0 Å². The summed E-state index contributed by atoms with van der Waals surface area (Å²) in [6.07, 6.45) is 6.78. The van der Waals surface area contributed by atoms with Crippen LogP contribution in [0, 0.1) is 5.92 Å². The van der Waals surface area contributed by atoms with Gasteiger partial charge in [0.05, 0.1) is 6.10 Å². The van der Waals surface area contributed by atoms with Gasteiger partial charge in [-0.05, 0) is 31.2 Å². The summed E-state index contributed by atoms with van der Waals surface area (Å²) in [6, 6.07) is 4.01. The van der Waals surface area contributed by atoms with Gasteiger partial charge in [-0.2, -0.15) is 0 Å². The van der Waals surface area contributed by atoms with Crippen LogP contribution < -0.4 is 5.73 Å². The second kappa shape index (κ2) is 8.22. The minimum atomic E-state index is -0.0316. The van der Waals surface area contributed by atoms with Gasteiger partial charge in [0.25, 0.3) is 0 Å². The molecule has 0 spiro atoms. The van der Waals surface area contributed by atoms with E-state index in [2.05, 4.69) is 25.8 Å². The van der Waals surface area contributed by atoms with Crippen molar-refractivity contribution in [3.05, 3.63) is 30.1 Å². The number of nitrogens with zero attached hydrogens (tertiary/aromatic N) is 1. The molecule has 0 fully saturated rings. The van der Waals surface area contributed by atoms with Crippen molar-refractivity contribution < 1.29 is 4.74 Å². The normalized spacial score (nSPS) is 14.7. The van der Waals surface area contributed by atoms with Gasteiger partial charge in [-0.1, -0.05) is 26.8 Å². The highest BCUT2D eigenvalue weighted by Crippen LogP contribution is 2.21. The van der Waals surface area contributed by atoms with E-state index in [4.69, 9.17) is 10.5 Å². The third kappa shape index (κ3) is 5.15. The summed E-state index contributed by atoms with van der Waals surface area (Å²) in [5, 5.41) is 0. The third-order valence-electron chi connectivity index (χ3n) is 3.10. The number of hydrogen-bond donors (Lipinski definition) is 1. The van der Waals surface area contributed by atoms with Crippen LogP contribution in [0.2, 0.25) is 0 Å². The van der Waals surface area contributed by atoms with Crippen LogP contribution in [0.4, 0.5) is 0 Å². The Morgan fingerprint density at radius 1 is 1.39 bits per heavy atom. The molecule has 1 aromatic rings. The first-order valence-corrected chi connectivity index (χ1v) is 6.92. The molecule has 3 nitrogen and oxygen atoms in total. The van der Waals surface area contributed by atoms with E-state index in [9.17, 15) is 0 Å². The zero-order valence-electron chi connectivity index (χ0n) is 11.8. The Labute approximate surface area is 111 Å². The van der Waals surface area contributed by atoms with E-state index in [0.29, 0.717) is 0 Å². The Bertz CT molecular complexity index is 314. The minimum Gasteiger partial charge on any atom is -0.372 e. The van der Waals surface area contributed by atoms with Crippen molar-refractivity contribution in [1.29, 1.82) is 0 Å². The molecule has 0 bridgehead atoms. The average molecular weight is 250 g/mol. The number of pyridine rings is 1. The Kier molecular flexibility index (Phi) is 6.91. The van der Waals surface area contributed by atoms with E-state index in [-0.39, 0.29) is 12.1 Å². The molecule has 0 aliphatic heterocycles. The number of hydrogen-bond acceptors (Lipinski definition) is 3. The maximum Gasteiger partial charge on any atom is 0.0990 e. The SMILES string of the molecule is CCC(N)C(OCCCC(C)C)c1cccnc1. The summed E-state index contributed by atoms with van der Waals surface area (Å²) in [4.78, 5) is 4.14. The molecule has 0 aromatic carbocycles. The van der Waals surface area contributed by atoms with Gasteiger partial charge >= 0.3 is 0 Å². The van der Waals surface area contributed by atoms with Gasteiger partial charge in [-0.15, -0.1) is 0 Å². The molecule has 0 saturated heterocycles. The Balaban J connectivity index is 2.52. The van der Waals surface area contributed by atoms with Crippen LogP contribution in [0.5, 0.6) is 0 Å². The molecule has 102 valence electrons. The first-order chi connectivity index (χ1) is 8.65. The summed E-state index contributed by atoms with van der Waals surface area (Å²) in [7, 11) is 0. The first kappa shape index (κ1) is 15.1. The Hall–Kier alpha value is -0.930. The lowest BCUT2D eigenvalue weighted by Crippen LogP contribution is -2.30. The molecule has 3 heteroatoms. The van der Waals surface area contributed by atoms with Gasteiger partial charge in [0.15, 0.2) is 0 Å². The lowest BCUT2D eigenvalue weighted by atomic mass is 10.0. The lowest BCUT2D eigenvalue weighted by molar-refractivity contribution is 0.0299. The molecular weight excluding hydrogens is 224 g/mol. The molecule has 0 saturated carbocycles. The standard InChI is InChI=1S/C15H26N2O/c1-4-14(16)15(13-8-5-9-17-11-13)18-10-6-7-12(2)3/h5,8-9,11-12,14-15H,4,6-7,10,16H2,1-3H3. The molecule has 1 heterocycles. The van der Waals surface area contributed by atoms with Crippen LogP contribution in [0.25, 0.3) is 0 Å². The Morgan fingerprint density at radius 3 is 2.72 bits per heavy atom. The number of nitrogens with two attached hydrogens (primary N) is 1. The van der Waals surface area contributed by atoms with Crippen molar-refractivity contribution in [1.82, 2.24) is 4.98 Å². The minimum absolute atomic E-state index is 0.0316. The van der Waals surface area contributed by atoms with E-state index in [1.807, 2.05) is 18.3 Å². The topological polar surface area (TPSA) is 48.1 Å². The average Bonchev–Trinajstić information content (AvgIpc) is 2.38. The second-order valence-electron chi connectivity index (χ2n) is 5.19. The molecule has 1 rings (SSSR count). The zero-order valence-corrected chi connectivity index (χ0v) is 11.8. The van der Waals surface area contributed by atoms with E-state index in [1.54, 1.807) is 6.20 Å². The first-order valence-electron chi connectivity index (χ1n) is 6.92. The van der Waals surface area contributed by atoms with Crippen molar-refractivity contribution in [3.63, 3.8) is 0 Å². The third-order valence-corrected chi connectivity index (χ3v) is 3.10. The van der Waals surface area contributed by atoms with Crippen LogP contribution in [0.1, 0.15) is 51.7 Å². The molecule has 2 atom stereocenters. The van der Waals surface area contributed by atoms with Crippen LogP contribution >= 0.6 is 0 Å². The van der Waals surface area contributed by atoms with Gasteiger partial charge in [-0.3, -0.25) is 4.98 Å². The molecule has 2 unspecified atom stereocenters. The molecule has 1 aromatic heterocycles. The zero-order chi connectivity index (χ0) is 13.4. The van der Waals surface area contributed by atoms with Crippen molar-refractivity contribution in [3.8, 4) is 0 Å². The van der Waals surface area contributed by atoms with Crippen molar-refractivity contribution in [2.45, 2.75) is 52.2 Å². The maximum atomic E-state index is 6.14. The van der Waals surface area contributed by atoms with E-state index in [1.165, 1.54) is 6.42 Å². The summed E-state index contributed by atoms with van der Waals surface area (Å²) in [5.41, 5.74) is 7.22. The molecule has 18 heavy (non-hydrogen) atoms. The van der Waals surface area contributed by atoms with Gasteiger partial charge in [0, 0.05) is 30.6 Å². The summed E-state index contributed by atoms with van der Waals surface area (Å²) in [6.45, 7) is 7.32. The monoisotopic (exact) mass is 250 g/mol. The highest BCUT2D eigenvalue weighted by Gasteiger charge is 2.19. The number of rotatable bonds is 8. The summed E-state index contributed by atoms with van der Waals surface area (Å²) >= 11 is 0. The molecule has 2 N–H and O–H groups in total. The molecule has 0 aliphatic carbocycles.